The second-order valence-corrected chi connectivity index (χ2v) is 6.59. The van der Waals surface area contributed by atoms with Crippen LogP contribution in [0.3, 0.4) is 0 Å². The van der Waals surface area contributed by atoms with Crippen molar-refractivity contribution in [3.8, 4) is 0 Å². The van der Waals surface area contributed by atoms with E-state index in [1.165, 1.54) is 0 Å². The lowest BCUT2D eigenvalue weighted by Crippen LogP contribution is -2.26. The Kier molecular flexibility index (Phi) is 4.14. The van der Waals surface area contributed by atoms with Gasteiger partial charge in [0, 0.05) is 12.2 Å². The third kappa shape index (κ3) is 3.65. The summed E-state index contributed by atoms with van der Waals surface area (Å²) in [6.45, 7) is 0.618. The quantitative estimate of drug-likeness (QED) is 0.759. The van der Waals surface area contributed by atoms with Gasteiger partial charge in [0.05, 0.1) is 11.9 Å². The maximum absolute atomic E-state index is 11.9. The maximum atomic E-state index is 11.9. The van der Waals surface area contributed by atoms with Crippen molar-refractivity contribution in [1.82, 2.24) is 0 Å². The van der Waals surface area contributed by atoms with Crippen LogP contribution in [0.5, 0.6) is 0 Å². The van der Waals surface area contributed by atoms with E-state index < -0.39 is 15.6 Å². The Bertz CT molecular complexity index is 501. The molecule has 0 amide bonds. The second kappa shape index (κ2) is 5.63. The fourth-order valence-electron chi connectivity index (χ4n) is 2.03. The normalized spacial score (nSPS) is 19.9. The van der Waals surface area contributed by atoms with Crippen LogP contribution < -0.4 is 0 Å². The van der Waals surface area contributed by atoms with Crippen molar-refractivity contribution in [3.05, 3.63) is 35.9 Å². The van der Waals surface area contributed by atoms with Crippen LogP contribution in [-0.2, 0) is 14.6 Å². The molecule has 5 heteroatoms. The molecule has 1 atom stereocenters. The van der Waals surface area contributed by atoms with E-state index in [2.05, 4.69) is 0 Å². The molecule has 1 aromatic carbocycles. The number of carbonyl (C=O) groups excluding carboxylic acids is 1. The highest BCUT2D eigenvalue weighted by atomic mass is 32.2. The lowest BCUT2D eigenvalue weighted by Gasteiger charge is -2.09. The average Bonchev–Trinajstić information content (AvgIpc) is 2.81. The van der Waals surface area contributed by atoms with E-state index in [1.807, 2.05) is 0 Å². The number of hydrogen-bond donors (Lipinski definition) is 0. The first kappa shape index (κ1) is 13.2. The van der Waals surface area contributed by atoms with Gasteiger partial charge in [-0.05, 0) is 12.8 Å². The summed E-state index contributed by atoms with van der Waals surface area (Å²) in [5, 5.41) is 0. The van der Waals surface area contributed by atoms with Crippen molar-refractivity contribution in [2.45, 2.75) is 18.9 Å². The summed E-state index contributed by atoms with van der Waals surface area (Å²) >= 11 is 0. The molecule has 1 aliphatic rings. The van der Waals surface area contributed by atoms with Crippen LogP contribution in [0.25, 0.3) is 0 Å². The third-order valence-corrected chi connectivity index (χ3v) is 4.49. The van der Waals surface area contributed by atoms with Crippen LogP contribution in [0.2, 0.25) is 0 Å². The molecule has 0 spiro atoms. The molecule has 1 fully saturated rings. The molecule has 0 bridgehead atoms. The zero-order valence-corrected chi connectivity index (χ0v) is 10.9. The van der Waals surface area contributed by atoms with Crippen molar-refractivity contribution in [2.75, 3.05) is 18.1 Å². The van der Waals surface area contributed by atoms with E-state index in [4.69, 9.17) is 4.74 Å². The van der Waals surface area contributed by atoms with Crippen LogP contribution in [0.15, 0.2) is 30.3 Å². The minimum atomic E-state index is -3.39. The van der Waals surface area contributed by atoms with E-state index in [0.717, 1.165) is 12.8 Å². The summed E-state index contributed by atoms with van der Waals surface area (Å²) in [7, 11) is -3.39. The van der Waals surface area contributed by atoms with Crippen molar-refractivity contribution in [1.29, 1.82) is 0 Å². The van der Waals surface area contributed by atoms with E-state index in [9.17, 15) is 13.2 Å². The summed E-state index contributed by atoms with van der Waals surface area (Å²) in [4.78, 5) is 11.8. The highest BCUT2D eigenvalue weighted by Gasteiger charge is 2.25. The van der Waals surface area contributed by atoms with Crippen LogP contribution >= 0.6 is 0 Å². The van der Waals surface area contributed by atoms with Crippen molar-refractivity contribution in [2.24, 2.45) is 0 Å². The number of hydrogen-bond acceptors (Lipinski definition) is 4. The Labute approximate surface area is 107 Å². The Morgan fingerprint density at radius 1 is 1.28 bits per heavy atom. The Balaban J connectivity index is 1.97. The van der Waals surface area contributed by atoms with Gasteiger partial charge in [0.1, 0.15) is 5.75 Å². The predicted molar refractivity (Wildman–Crippen MR) is 68.4 cm³/mol. The fraction of sp³-hybridized carbons (Fsp3) is 0.462. The monoisotopic (exact) mass is 268 g/mol. The van der Waals surface area contributed by atoms with Gasteiger partial charge in [-0.2, -0.15) is 0 Å². The Morgan fingerprint density at radius 3 is 2.61 bits per heavy atom. The van der Waals surface area contributed by atoms with E-state index >= 15 is 0 Å². The molecule has 0 radical (unpaired) electrons. The number of Topliss-reactive ketones (excluding diaryl/α,β-unsaturated/α-hetero) is 1. The standard InChI is InChI=1S/C13H16O4S/c14-13(11-5-2-1-3-6-11)10-18(15,16)9-12-7-4-8-17-12/h1-3,5-6,12H,4,7-10H2. The van der Waals surface area contributed by atoms with Crippen LogP contribution in [0.4, 0.5) is 0 Å². The zero-order valence-electron chi connectivity index (χ0n) is 10.0. The lowest BCUT2D eigenvalue weighted by molar-refractivity contribution is 0.102. The maximum Gasteiger partial charge on any atom is 0.177 e. The van der Waals surface area contributed by atoms with Gasteiger partial charge in [0.2, 0.25) is 0 Å². The molecule has 0 saturated carbocycles. The number of ether oxygens (including phenoxy) is 1. The summed E-state index contributed by atoms with van der Waals surface area (Å²) < 4.78 is 29.0. The summed E-state index contributed by atoms with van der Waals surface area (Å²) in [6, 6.07) is 8.49. The SMILES string of the molecule is O=C(CS(=O)(=O)CC1CCCO1)c1ccccc1. The molecule has 0 aliphatic carbocycles. The van der Waals surface area contributed by atoms with Crippen LogP contribution in [0, 0.1) is 0 Å². The molecule has 1 unspecified atom stereocenters. The van der Waals surface area contributed by atoms with Gasteiger partial charge in [0.15, 0.2) is 15.6 Å². The smallest absolute Gasteiger partial charge is 0.177 e. The molecular formula is C13H16O4S. The minimum absolute atomic E-state index is 0.0500. The summed E-state index contributed by atoms with van der Waals surface area (Å²) in [6.07, 6.45) is 1.42. The van der Waals surface area contributed by atoms with Gasteiger partial charge >= 0.3 is 0 Å². The van der Waals surface area contributed by atoms with Gasteiger partial charge in [-0.25, -0.2) is 8.42 Å². The topological polar surface area (TPSA) is 60.4 Å². The van der Waals surface area contributed by atoms with Gasteiger partial charge < -0.3 is 4.74 Å². The molecule has 18 heavy (non-hydrogen) atoms. The fourth-order valence-corrected chi connectivity index (χ4v) is 3.54. The average molecular weight is 268 g/mol. The first-order valence-electron chi connectivity index (χ1n) is 5.97. The van der Waals surface area contributed by atoms with E-state index in [0.29, 0.717) is 12.2 Å². The van der Waals surface area contributed by atoms with Crippen molar-refractivity contribution >= 4 is 15.6 Å². The summed E-state index contributed by atoms with van der Waals surface area (Å²) in [5.74, 6) is -0.837. The molecule has 1 saturated heterocycles. The zero-order chi connectivity index (χ0) is 13.0. The molecule has 98 valence electrons. The molecule has 1 heterocycles. The molecule has 2 rings (SSSR count). The number of sulfone groups is 1. The molecule has 4 nitrogen and oxygen atoms in total. The molecular weight excluding hydrogens is 252 g/mol. The Morgan fingerprint density at radius 2 is 2.00 bits per heavy atom. The first-order valence-corrected chi connectivity index (χ1v) is 7.79. The second-order valence-electron chi connectivity index (χ2n) is 4.48. The van der Waals surface area contributed by atoms with Gasteiger partial charge in [-0.15, -0.1) is 0 Å². The van der Waals surface area contributed by atoms with Gasteiger partial charge in [-0.1, -0.05) is 30.3 Å². The largest absolute Gasteiger partial charge is 0.377 e. The Hall–Kier alpha value is -1.20. The number of ketones is 1. The number of rotatable bonds is 5. The van der Waals surface area contributed by atoms with Gasteiger partial charge in [-0.3, -0.25) is 4.79 Å². The highest BCUT2D eigenvalue weighted by Crippen LogP contribution is 2.15. The lowest BCUT2D eigenvalue weighted by atomic mass is 10.2. The minimum Gasteiger partial charge on any atom is -0.377 e. The molecule has 1 aromatic rings. The third-order valence-electron chi connectivity index (χ3n) is 2.91. The first-order chi connectivity index (χ1) is 8.57. The van der Waals surface area contributed by atoms with Crippen LogP contribution in [0.1, 0.15) is 23.2 Å². The van der Waals surface area contributed by atoms with Crippen LogP contribution in [-0.4, -0.2) is 38.4 Å². The van der Waals surface area contributed by atoms with Crippen molar-refractivity contribution < 1.29 is 17.9 Å². The number of carbonyl (C=O) groups is 1. The summed E-state index contributed by atoms with van der Waals surface area (Å²) in [5.41, 5.74) is 0.438. The molecule has 0 N–H and O–H groups in total. The van der Waals surface area contributed by atoms with Gasteiger partial charge in [0.25, 0.3) is 0 Å². The molecule has 0 aromatic heterocycles. The van der Waals surface area contributed by atoms with Crippen molar-refractivity contribution in [3.63, 3.8) is 0 Å². The van der Waals surface area contributed by atoms with E-state index in [-0.39, 0.29) is 17.6 Å². The highest BCUT2D eigenvalue weighted by molar-refractivity contribution is 7.92. The molecule has 1 aliphatic heterocycles. The number of benzene rings is 1. The predicted octanol–water partition coefficient (Wildman–Crippen LogP) is 1.46. The van der Waals surface area contributed by atoms with E-state index in [1.54, 1.807) is 30.3 Å².